The second-order valence-corrected chi connectivity index (χ2v) is 6.92. The van der Waals surface area contributed by atoms with Gasteiger partial charge in [0.2, 0.25) is 5.95 Å². The highest BCUT2D eigenvalue weighted by Gasteiger charge is 2.32. The summed E-state index contributed by atoms with van der Waals surface area (Å²) >= 11 is 2.04. The van der Waals surface area contributed by atoms with Crippen LogP contribution in [0.15, 0.2) is 24.3 Å². The lowest BCUT2D eigenvalue weighted by molar-refractivity contribution is 0.0801. The minimum absolute atomic E-state index is 0.284. The predicted octanol–water partition coefficient (Wildman–Crippen LogP) is 3.28. The molecule has 0 amide bonds. The molecule has 1 aliphatic heterocycles. The normalized spacial score (nSPS) is 18.2. The summed E-state index contributed by atoms with van der Waals surface area (Å²) in [5.74, 6) is 2.01. The van der Waals surface area contributed by atoms with Crippen LogP contribution in [-0.4, -0.2) is 40.2 Å². The quantitative estimate of drug-likeness (QED) is 0.887. The number of nitrogens with one attached hydrogen (secondary N) is 2. The Morgan fingerprint density at radius 3 is 2.90 bits per heavy atom. The van der Waals surface area contributed by atoms with E-state index in [4.69, 9.17) is 4.74 Å². The highest BCUT2D eigenvalue weighted by molar-refractivity contribution is 8.00. The SMILES string of the molecule is CCSC1(CNc2nc3ccccc3[nH]2)CCOCC1. The maximum absolute atomic E-state index is 5.51. The Morgan fingerprint density at radius 2 is 2.15 bits per heavy atom. The van der Waals surface area contributed by atoms with Crippen LogP contribution < -0.4 is 5.32 Å². The van der Waals surface area contributed by atoms with Gasteiger partial charge in [0.1, 0.15) is 0 Å². The molecular weight excluding hydrogens is 270 g/mol. The minimum Gasteiger partial charge on any atom is -0.381 e. The molecule has 1 fully saturated rings. The van der Waals surface area contributed by atoms with Gasteiger partial charge in [-0.3, -0.25) is 0 Å². The van der Waals surface area contributed by atoms with Crippen molar-refractivity contribution in [2.75, 3.05) is 30.8 Å². The zero-order valence-corrected chi connectivity index (χ0v) is 12.6. The molecule has 0 aliphatic carbocycles. The summed E-state index contributed by atoms with van der Waals surface area (Å²) in [6.07, 6.45) is 2.22. The van der Waals surface area contributed by atoms with Gasteiger partial charge in [0, 0.05) is 24.5 Å². The van der Waals surface area contributed by atoms with E-state index in [1.54, 1.807) is 0 Å². The molecular formula is C15H21N3OS. The van der Waals surface area contributed by atoms with Gasteiger partial charge in [-0.2, -0.15) is 11.8 Å². The second-order valence-electron chi connectivity index (χ2n) is 5.18. The first kappa shape index (κ1) is 13.8. The van der Waals surface area contributed by atoms with E-state index in [0.717, 1.165) is 55.3 Å². The Hall–Kier alpha value is -1.20. The topological polar surface area (TPSA) is 49.9 Å². The molecule has 5 heteroatoms. The Balaban J connectivity index is 1.70. The van der Waals surface area contributed by atoms with Gasteiger partial charge in [-0.1, -0.05) is 19.1 Å². The Morgan fingerprint density at radius 1 is 1.35 bits per heavy atom. The highest BCUT2D eigenvalue weighted by Crippen LogP contribution is 2.35. The van der Waals surface area contributed by atoms with Gasteiger partial charge >= 0.3 is 0 Å². The van der Waals surface area contributed by atoms with Crippen molar-refractivity contribution in [2.45, 2.75) is 24.5 Å². The fraction of sp³-hybridized carbons (Fsp3) is 0.533. The van der Waals surface area contributed by atoms with Crippen molar-refractivity contribution >= 4 is 28.7 Å². The largest absolute Gasteiger partial charge is 0.381 e. The molecule has 0 atom stereocenters. The first-order valence-electron chi connectivity index (χ1n) is 7.22. The lowest BCUT2D eigenvalue weighted by atomic mass is 9.99. The van der Waals surface area contributed by atoms with Crippen LogP contribution in [0.5, 0.6) is 0 Å². The third-order valence-corrected chi connectivity index (χ3v) is 5.28. The second kappa shape index (κ2) is 6.06. The maximum Gasteiger partial charge on any atom is 0.201 e. The number of anilines is 1. The molecule has 0 unspecified atom stereocenters. The van der Waals surface area contributed by atoms with Crippen molar-refractivity contribution < 1.29 is 4.74 Å². The standard InChI is InChI=1S/C15H21N3OS/c1-2-20-15(7-9-19-10-8-15)11-16-14-17-12-5-3-4-6-13(12)18-14/h3-6H,2,7-11H2,1H3,(H2,16,17,18). The summed E-state index contributed by atoms with van der Waals surface area (Å²) in [5, 5.41) is 3.49. The van der Waals surface area contributed by atoms with Gasteiger partial charge < -0.3 is 15.0 Å². The fourth-order valence-corrected chi connectivity index (χ4v) is 3.95. The number of H-pyrrole nitrogens is 1. The van der Waals surface area contributed by atoms with E-state index >= 15 is 0 Å². The Bertz CT molecular complexity index is 524. The van der Waals surface area contributed by atoms with Crippen LogP contribution in [0, 0.1) is 0 Å². The van der Waals surface area contributed by atoms with Crippen molar-refractivity contribution in [3.63, 3.8) is 0 Å². The van der Waals surface area contributed by atoms with Gasteiger partial charge in [-0.05, 0) is 30.7 Å². The van der Waals surface area contributed by atoms with Crippen molar-refractivity contribution in [1.82, 2.24) is 9.97 Å². The average molecular weight is 291 g/mol. The molecule has 0 bridgehead atoms. The van der Waals surface area contributed by atoms with Crippen molar-refractivity contribution in [3.05, 3.63) is 24.3 Å². The van der Waals surface area contributed by atoms with Crippen LogP contribution >= 0.6 is 11.8 Å². The number of thioether (sulfide) groups is 1. The number of aromatic amines is 1. The molecule has 2 heterocycles. The van der Waals surface area contributed by atoms with E-state index in [0.29, 0.717) is 0 Å². The number of para-hydroxylation sites is 2. The first-order valence-corrected chi connectivity index (χ1v) is 8.20. The van der Waals surface area contributed by atoms with E-state index < -0.39 is 0 Å². The summed E-state index contributed by atoms with van der Waals surface area (Å²) in [4.78, 5) is 7.91. The number of fused-ring (bicyclic) bond motifs is 1. The van der Waals surface area contributed by atoms with E-state index in [1.807, 2.05) is 30.0 Å². The molecule has 1 aromatic carbocycles. The van der Waals surface area contributed by atoms with Gasteiger partial charge in [0.25, 0.3) is 0 Å². The molecule has 4 nitrogen and oxygen atoms in total. The van der Waals surface area contributed by atoms with Crippen LogP contribution in [-0.2, 0) is 4.74 Å². The monoisotopic (exact) mass is 291 g/mol. The molecule has 0 spiro atoms. The third-order valence-electron chi connectivity index (χ3n) is 3.82. The van der Waals surface area contributed by atoms with Crippen molar-refractivity contribution in [1.29, 1.82) is 0 Å². The van der Waals surface area contributed by atoms with Crippen LogP contribution in [0.25, 0.3) is 11.0 Å². The van der Waals surface area contributed by atoms with E-state index in [-0.39, 0.29) is 4.75 Å². The molecule has 0 radical (unpaired) electrons. The molecule has 1 saturated heterocycles. The number of aromatic nitrogens is 2. The first-order chi connectivity index (χ1) is 9.81. The summed E-state index contributed by atoms with van der Waals surface area (Å²) in [5.41, 5.74) is 2.10. The average Bonchev–Trinajstić information content (AvgIpc) is 2.89. The van der Waals surface area contributed by atoms with E-state index in [2.05, 4.69) is 28.3 Å². The van der Waals surface area contributed by atoms with Crippen LogP contribution in [0.2, 0.25) is 0 Å². The molecule has 20 heavy (non-hydrogen) atoms. The minimum atomic E-state index is 0.284. The number of rotatable bonds is 5. The van der Waals surface area contributed by atoms with Gasteiger partial charge in [0.05, 0.1) is 11.0 Å². The van der Waals surface area contributed by atoms with Gasteiger partial charge in [-0.15, -0.1) is 0 Å². The third kappa shape index (κ3) is 2.94. The number of hydrogen-bond acceptors (Lipinski definition) is 4. The Labute approximate surface area is 123 Å². The van der Waals surface area contributed by atoms with Crippen molar-refractivity contribution in [3.8, 4) is 0 Å². The maximum atomic E-state index is 5.51. The fourth-order valence-electron chi connectivity index (χ4n) is 2.70. The number of benzene rings is 1. The zero-order valence-electron chi connectivity index (χ0n) is 11.8. The smallest absolute Gasteiger partial charge is 0.201 e. The van der Waals surface area contributed by atoms with Crippen LogP contribution in [0.4, 0.5) is 5.95 Å². The van der Waals surface area contributed by atoms with Crippen molar-refractivity contribution in [2.24, 2.45) is 0 Å². The van der Waals surface area contributed by atoms with Gasteiger partial charge in [-0.25, -0.2) is 4.98 Å². The van der Waals surface area contributed by atoms with Gasteiger partial charge in [0.15, 0.2) is 0 Å². The van der Waals surface area contributed by atoms with E-state index in [1.165, 1.54) is 0 Å². The molecule has 3 rings (SSSR count). The van der Waals surface area contributed by atoms with E-state index in [9.17, 15) is 0 Å². The number of nitrogens with zero attached hydrogens (tertiary/aromatic N) is 1. The molecule has 2 N–H and O–H groups in total. The van der Waals surface area contributed by atoms with Crippen LogP contribution in [0.3, 0.4) is 0 Å². The zero-order chi connectivity index (χ0) is 13.8. The molecule has 2 aromatic rings. The summed E-state index contributed by atoms with van der Waals surface area (Å²) in [6, 6.07) is 8.12. The Kier molecular flexibility index (Phi) is 4.17. The molecule has 1 aliphatic rings. The summed E-state index contributed by atoms with van der Waals surface area (Å²) < 4.78 is 5.79. The lowest BCUT2D eigenvalue weighted by Crippen LogP contribution is -2.40. The molecule has 1 aromatic heterocycles. The number of imidazole rings is 1. The highest BCUT2D eigenvalue weighted by atomic mass is 32.2. The number of ether oxygens (including phenoxy) is 1. The van der Waals surface area contributed by atoms with Crippen LogP contribution in [0.1, 0.15) is 19.8 Å². The number of hydrogen-bond donors (Lipinski definition) is 2. The predicted molar refractivity (Wildman–Crippen MR) is 85.5 cm³/mol. The molecule has 108 valence electrons. The lowest BCUT2D eigenvalue weighted by Gasteiger charge is -2.36. The summed E-state index contributed by atoms with van der Waals surface area (Å²) in [6.45, 7) is 4.90. The molecule has 0 saturated carbocycles. The summed E-state index contributed by atoms with van der Waals surface area (Å²) in [7, 11) is 0.